The number of halogens is 2. The van der Waals surface area contributed by atoms with Crippen molar-refractivity contribution in [2.45, 2.75) is 13.0 Å². The molecule has 2 aromatic carbocycles. The van der Waals surface area contributed by atoms with Gasteiger partial charge in [0.25, 0.3) is 0 Å². The molecule has 0 aliphatic rings. The van der Waals surface area contributed by atoms with Gasteiger partial charge >= 0.3 is 0 Å². The van der Waals surface area contributed by atoms with Gasteiger partial charge in [0.2, 0.25) is 5.95 Å². The summed E-state index contributed by atoms with van der Waals surface area (Å²) in [5.74, 6) is 0.811. The predicted molar refractivity (Wildman–Crippen MR) is 97.2 cm³/mol. The minimum Gasteiger partial charge on any atom is -0.365 e. The average molecular weight is 358 g/mol. The Kier molecular flexibility index (Phi) is 5.74. The molecular weight excluding hydrogens is 341 g/mol. The largest absolute Gasteiger partial charge is 0.365 e. The highest BCUT2D eigenvalue weighted by atomic mass is 35.5. The molecule has 3 aromatic rings. The fraction of sp³-hybridized carbons (Fsp3) is 0.167. The van der Waals surface area contributed by atoms with Crippen molar-refractivity contribution in [1.82, 2.24) is 15.2 Å². The van der Waals surface area contributed by atoms with Gasteiger partial charge in [-0.25, -0.2) is 4.39 Å². The third-order valence-corrected chi connectivity index (χ3v) is 3.81. The van der Waals surface area contributed by atoms with E-state index in [1.807, 2.05) is 24.3 Å². The molecule has 7 heteroatoms. The molecular formula is C18H17ClFN5. The smallest absolute Gasteiger partial charge is 0.244 e. The van der Waals surface area contributed by atoms with Crippen molar-refractivity contribution in [2.24, 2.45) is 0 Å². The molecule has 0 spiro atoms. The van der Waals surface area contributed by atoms with Crippen molar-refractivity contribution in [3.05, 3.63) is 76.7 Å². The van der Waals surface area contributed by atoms with Gasteiger partial charge in [0.05, 0.1) is 6.20 Å². The highest BCUT2D eigenvalue weighted by molar-refractivity contribution is 6.30. The van der Waals surface area contributed by atoms with Crippen molar-refractivity contribution >= 4 is 23.4 Å². The summed E-state index contributed by atoms with van der Waals surface area (Å²) in [6, 6.07) is 14.0. The van der Waals surface area contributed by atoms with Crippen molar-refractivity contribution in [3.63, 3.8) is 0 Å². The Morgan fingerprint density at radius 3 is 2.40 bits per heavy atom. The van der Waals surface area contributed by atoms with Crippen LogP contribution in [-0.2, 0) is 13.0 Å². The third-order valence-electron chi connectivity index (χ3n) is 3.56. The molecule has 25 heavy (non-hydrogen) atoms. The molecule has 5 nitrogen and oxygen atoms in total. The van der Waals surface area contributed by atoms with Crippen LogP contribution in [0.25, 0.3) is 0 Å². The van der Waals surface area contributed by atoms with Gasteiger partial charge in [-0.2, -0.15) is 10.1 Å². The normalized spacial score (nSPS) is 10.5. The Morgan fingerprint density at radius 1 is 0.920 bits per heavy atom. The van der Waals surface area contributed by atoms with E-state index in [1.165, 1.54) is 17.7 Å². The number of aromatic nitrogens is 3. The molecule has 0 saturated carbocycles. The minimum atomic E-state index is -0.250. The van der Waals surface area contributed by atoms with Gasteiger partial charge in [-0.05, 0) is 41.8 Å². The maximum atomic E-state index is 12.9. The molecule has 0 aliphatic carbocycles. The summed E-state index contributed by atoms with van der Waals surface area (Å²) in [6.45, 7) is 1.22. The zero-order valence-corrected chi connectivity index (χ0v) is 14.2. The lowest BCUT2D eigenvalue weighted by Crippen LogP contribution is -2.10. The Hall–Kier alpha value is -2.73. The first-order chi connectivity index (χ1) is 12.2. The first-order valence-corrected chi connectivity index (χ1v) is 8.23. The van der Waals surface area contributed by atoms with Crippen LogP contribution in [0.1, 0.15) is 11.1 Å². The van der Waals surface area contributed by atoms with Crippen molar-refractivity contribution in [2.75, 3.05) is 17.2 Å². The summed E-state index contributed by atoms with van der Waals surface area (Å²) in [7, 11) is 0. The monoisotopic (exact) mass is 357 g/mol. The number of hydrogen-bond acceptors (Lipinski definition) is 5. The highest BCUT2D eigenvalue weighted by Gasteiger charge is 2.01. The van der Waals surface area contributed by atoms with Crippen LogP contribution >= 0.6 is 11.6 Å². The molecule has 0 unspecified atom stereocenters. The molecule has 0 atom stereocenters. The van der Waals surface area contributed by atoms with E-state index in [-0.39, 0.29) is 5.82 Å². The predicted octanol–water partition coefficient (Wildman–Crippen LogP) is 3.93. The minimum absolute atomic E-state index is 0.250. The quantitative estimate of drug-likeness (QED) is 0.670. The lowest BCUT2D eigenvalue weighted by molar-refractivity contribution is 0.627. The van der Waals surface area contributed by atoms with E-state index in [0.717, 1.165) is 17.0 Å². The van der Waals surface area contributed by atoms with Gasteiger partial charge in [0, 0.05) is 18.1 Å². The van der Waals surface area contributed by atoms with Gasteiger partial charge in [-0.15, -0.1) is 5.10 Å². The molecule has 0 radical (unpaired) electrons. The number of nitrogens with zero attached hydrogens (tertiary/aromatic N) is 3. The van der Waals surface area contributed by atoms with Crippen LogP contribution < -0.4 is 10.6 Å². The van der Waals surface area contributed by atoms with Crippen LogP contribution in [0.3, 0.4) is 0 Å². The summed E-state index contributed by atoms with van der Waals surface area (Å²) in [5.41, 5.74) is 2.13. The lowest BCUT2D eigenvalue weighted by atomic mass is 10.1. The van der Waals surface area contributed by atoms with Gasteiger partial charge in [0.1, 0.15) is 5.82 Å². The van der Waals surface area contributed by atoms with E-state index < -0.39 is 0 Å². The standard InChI is InChI=1S/C18H17ClFN5/c19-15-5-1-13(2-6-15)9-10-21-18-24-17(12-23-25-18)22-11-14-3-7-16(20)8-4-14/h1-8,12H,9-11H2,(H2,21,22,24,25). The third kappa shape index (κ3) is 5.39. The zero-order chi connectivity index (χ0) is 17.5. The topological polar surface area (TPSA) is 62.7 Å². The fourth-order valence-corrected chi connectivity index (χ4v) is 2.35. The van der Waals surface area contributed by atoms with Crippen LogP contribution in [0.4, 0.5) is 16.2 Å². The molecule has 0 bridgehead atoms. The maximum Gasteiger partial charge on any atom is 0.244 e. The Labute approximate surface area is 150 Å². The van der Waals surface area contributed by atoms with Gasteiger partial charge in [-0.1, -0.05) is 35.9 Å². The molecule has 1 aromatic heterocycles. The number of rotatable bonds is 7. The van der Waals surface area contributed by atoms with Crippen LogP contribution in [0, 0.1) is 5.82 Å². The van der Waals surface area contributed by atoms with Crippen LogP contribution in [0.5, 0.6) is 0 Å². The van der Waals surface area contributed by atoms with E-state index in [2.05, 4.69) is 25.8 Å². The van der Waals surface area contributed by atoms with Crippen molar-refractivity contribution in [1.29, 1.82) is 0 Å². The van der Waals surface area contributed by atoms with Gasteiger partial charge in [0.15, 0.2) is 5.82 Å². The second-order valence-corrected chi connectivity index (χ2v) is 5.88. The molecule has 0 amide bonds. The maximum absolute atomic E-state index is 12.9. The number of benzene rings is 2. The van der Waals surface area contributed by atoms with Crippen LogP contribution in [-0.4, -0.2) is 21.7 Å². The van der Waals surface area contributed by atoms with Crippen molar-refractivity contribution < 1.29 is 4.39 Å². The Balaban J connectivity index is 1.50. The fourth-order valence-electron chi connectivity index (χ4n) is 2.23. The molecule has 3 rings (SSSR count). The second-order valence-electron chi connectivity index (χ2n) is 5.45. The molecule has 128 valence electrons. The van der Waals surface area contributed by atoms with E-state index >= 15 is 0 Å². The Bertz CT molecular complexity index is 808. The van der Waals surface area contributed by atoms with Gasteiger partial charge in [-0.3, -0.25) is 0 Å². The van der Waals surface area contributed by atoms with Crippen molar-refractivity contribution in [3.8, 4) is 0 Å². The van der Waals surface area contributed by atoms with Gasteiger partial charge < -0.3 is 10.6 Å². The highest BCUT2D eigenvalue weighted by Crippen LogP contribution is 2.11. The molecule has 0 saturated heterocycles. The second kappa shape index (κ2) is 8.39. The summed E-state index contributed by atoms with van der Waals surface area (Å²) in [4.78, 5) is 4.36. The lowest BCUT2D eigenvalue weighted by Gasteiger charge is -2.08. The van der Waals surface area contributed by atoms with E-state index in [1.54, 1.807) is 18.3 Å². The van der Waals surface area contributed by atoms with E-state index in [4.69, 9.17) is 11.6 Å². The van der Waals surface area contributed by atoms with E-state index in [0.29, 0.717) is 24.9 Å². The number of hydrogen-bond donors (Lipinski definition) is 2. The molecule has 2 N–H and O–H groups in total. The molecule has 0 fully saturated rings. The summed E-state index contributed by atoms with van der Waals surface area (Å²) >= 11 is 5.87. The summed E-state index contributed by atoms with van der Waals surface area (Å²) < 4.78 is 12.9. The first-order valence-electron chi connectivity index (χ1n) is 7.85. The zero-order valence-electron chi connectivity index (χ0n) is 13.4. The summed E-state index contributed by atoms with van der Waals surface area (Å²) in [5, 5.41) is 14.9. The van der Waals surface area contributed by atoms with Crippen LogP contribution in [0.2, 0.25) is 5.02 Å². The van der Waals surface area contributed by atoms with Crippen LogP contribution in [0.15, 0.2) is 54.7 Å². The SMILES string of the molecule is Fc1ccc(CNc2cnnc(NCCc3ccc(Cl)cc3)n2)cc1. The average Bonchev–Trinajstić information content (AvgIpc) is 2.63. The van der Waals surface area contributed by atoms with E-state index in [9.17, 15) is 4.39 Å². The number of anilines is 2. The first kappa shape index (κ1) is 17.1. The molecule has 0 aliphatic heterocycles. The molecule has 1 heterocycles. The number of nitrogens with one attached hydrogen (secondary N) is 2. The Morgan fingerprint density at radius 2 is 1.64 bits per heavy atom. The summed E-state index contributed by atoms with van der Waals surface area (Å²) in [6.07, 6.45) is 2.38.